The number of nitrogens with zero attached hydrogens (tertiary/aromatic N) is 1. The maximum absolute atomic E-state index is 13.8. The molecule has 4 aliphatic carbocycles. The fourth-order valence-electron chi connectivity index (χ4n) is 8.07. The molecule has 140 valence electrons. The third kappa shape index (κ3) is 2.46. The molecule has 4 bridgehead atoms. The molecule has 5 fully saturated rings. The van der Waals surface area contributed by atoms with Gasteiger partial charge in [0.2, 0.25) is 5.91 Å². The minimum absolute atomic E-state index is 0.0569. The van der Waals surface area contributed by atoms with Gasteiger partial charge >= 0.3 is 0 Å². The lowest BCUT2D eigenvalue weighted by molar-refractivity contribution is -0.178. The first-order valence-electron chi connectivity index (χ1n) is 10.4. The summed E-state index contributed by atoms with van der Waals surface area (Å²) >= 11 is 0. The third-order valence-electron chi connectivity index (χ3n) is 7.96. The summed E-state index contributed by atoms with van der Waals surface area (Å²) in [5, 5.41) is 0. The van der Waals surface area contributed by atoms with E-state index in [4.69, 9.17) is 5.73 Å². The summed E-state index contributed by atoms with van der Waals surface area (Å²) in [6, 6.07) is 10.6. The number of amides is 1. The van der Waals surface area contributed by atoms with Crippen LogP contribution in [0.15, 0.2) is 30.3 Å². The highest BCUT2D eigenvalue weighted by Crippen LogP contribution is 2.70. The Morgan fingerprint density at radius 3 is 2.27 bits per heavy atom. The molecule has 2 N–H and O–H groups in total. The maximum Gasteiger partial charge on any atom is 0.228 e. The zero-order chi connectivity index (χ0) is 18.2. The zero-order valence-electron chi connectivity index (χ0n) is 16.2. The molecule has 3 nitrogen and oxygen atoms in total. The smallest absolute Gasteiger partial charge is 0.228 e. The SMILES string of the molecule is CC12CC3CC(C)(C1)CC(C(=O)N1C[C@@H](N)[C@H](c4ccccc4)C1)(C3)C2. The van der Waals surface area contributed by atoms with Gasteiger partial charge in [0, 0.05) is 25.0 Å². The van der Waals surface area contributed by atoms with Crippen LogP contribution in [-0.2, 0) is 4.79 Å². The third-order valence-corrected chi connectivity index (χ3v) is 7.96. The van der Waals surface area contributed by atoms with Crippen molar-refractivity contribution < 1.29 is 4.79 Å². The summed E-state index contributed by atoms with van der Waals surface area (Å²) in [5.41, 5.74) is 8.42. The van der Waals surface area contributed by atoms with Crippen LogP contribution in [0.5, 0.6) is 0 Å². The Kier molecular flexibility index (Phi) is 3.45. The molecule has 0 aromatic heterocycles. The lowest BCUT2D eigenvalue weighted by atomic mass is 9.40. The Balaban J connectivity index is 1.41. The first-order valence-corrected chi connectivity index (χ1v) is 10.4. The predicted octanol–water partition coefficient (Wildman–Crippen LogP) is 3.94. The van der Waals surface area contributed by atoms with Crippen molar-refractivity contribution in [2.45, 2.75) is 64.3 Å². The van der Waals surface area contributed by atoms with E-state index in [0.717, 1.165) is 38.3 Å². The number of carbonyl (C=O) groups excluding carboxylic acids is 1. The maximum atomic E-state index is 13.8. The molecule has 1 heterocycles. The lowest BCUT2D eigenvalue weighted by Gasteiger charge is -2.65. The summed E-state index contributed by atoms with van der Waals surface area (Å²) in [6.45, 7) is 6.41. The highest BCUT2D eigenvalue weighted by atomic mass is 16.2. The molecular formula is C23H32N2O. The van der Waals surface area contributed by atoms with Crippen LogP contribution in [-0.4, -0.2) is 29.9 Å². The summed E-state index contributed by atoms with van der Waals surface area (Å²) < 4.78 is 0. The van der Waals surface area contributed by atoms with Gasteiger partial charge in [-0.1, -0.05) is 44.2 Å². The lowest BCUT2D eigenvalue weighted by Crippen LogP contribution is -2.60. The van der Waals surface area contributed by atoms with Gasteiger partial charge in [-0.15, -0.1) is 0 Å². The Morgan fingerprint density at radius 1 is 1.00 bits per heavy atom. The monoisotopic (exact) mass is 352 g/mol. The molecule has 2 unspecified atom stereocenters. The van der Waals surface area contributed by atoms with Gasteiger partial charge in [-0.25, -0.2) is 0 Å². The van der Waals surface area contributed by atoms with Crippen molar-refractivity contribution in [1.82, 2.24) is 4.90 Å². The second-order valence-electron chi connectivity index (χ2n) is 10.8. The largest absolute Gasteiger partial charge is 0.340 e. The highest BCUT2D eigenvalue weighted by molar-refractivity contribution is 5.84. The van der Waals surface area contributed by atoms with Crippen molar-refractivity contribution in [1.29, 1.82) is 0 Å². The van der Waals surface area contributed by atoms with Crippen LogP contribution in [0.4, 0.5) is 0 Å². The van der Waals surface area contributed by atoms with Crippen molar-refractivity contribution >= 4 is 5.91 Å². The summed E-state index contributed by atoms with van der Waals surface area (Å²) in [7, 11) is 0. The predicted molar refractivity (Wildman–Crippen MR) is 104 cm³/mol. The van der Waals surface area contributed by atoms with Gasteiger partial charge in [-0.05, 0) is 60.8 Å². The number of hydrogen-bond donors (Lipinski definition) is 1. The average Bonchev–Trinajstić information content (AvgIpc) is 2.93. The van der Waals surface area contributed by atoms with Crippen LogP contribution in [0.25, 0.3) is 0 Å². The van der Waals surface area contributed by atoms with Crippen LogP contribution in [0.3, 0.4) is 0 Å². The molecular weight excluding hydrogens is 320 g/mol. The number of benzene rings is 1. The number of hydrogen-bond acceptors (Lipinski definition) is 2. The molecule has 1 amide bonds. The molecule has 1 aliphatic heterocycles. The van der Waals surface area contributed by atoms with Gasteiger partial charge in [0.25, 0.3) is 0 Å². The van der Waals surface area contributed by atoms with Crippen LogP contribution < -0.4 is 5.73 Å². The minimum atomic E-state index is -0.103. The topological polar surface area (TPSA) is 46.3 Å². The molecule has 4 saturated carbocycles. The van der Waals surface area contributed by atoms with Gasteiger partial charge in [-0.3, -0.25) is 4.79 Å². The number of carbonyl (C=O) groups is 1. The molecule has 0 spiro atoms. The number of rotatable bonds is 2. The van der Waals surface area contributed by atoms with E-state index in [9.17, 15) is 4.79 Å². The number of nitrogens with two attached hydrogens (primary N) is 1. The second-order valence-corrected chi connectivity index (χ2v) is 10.8. The Morgan fingerprint density at radius 2 is 1.65 bits per heavy atom. The van der Waals surface area contributed by atoms with Gasteiger partial charge in [-0.2, -0.15) is 0 Å². The molecule has 5 aliphatic rings. The molecule has 6 rings (SSSR count). The Labute approximate surface area is 157 Å². The fraction of sp³-hybridized carbons (Fsp3) is 0.696. The summed E-state index contributed by atoms with van der Waals surface area (Å²) in [5.74, 6) is 1.46. The molecule has 0 radical (unpaired) electrons. The average molecular weight is 353 g/mol. The van der Waals surface area contributed by atoms with Crippen LogP contribution in [0.1, 0.15) is 63.9 Å². The van der Waals surface area contributed by atoms with E-state index in [-0.39, 0.29) is 17.4 Å². The van der Waals surface area contributed by atoms with Gasteiger partial charge in [0.05, 0.1) is 5.41 Å². The molecule has 3 heteroatoms. The molecule has 4 atom stereocenters. The fourth-order valence-corrected chi connectivity index (χ4v) is 8.07. The van der Waals surface area contributed by atoms with Crippen molar-refractivity contribution in [3.05, 3.63) is 35.9 Å². The summed E-state index contributed by atoms with van der Waals surface area (Å²) in [6.07, 6.45) is 7.32. The van der Waals surface area contributed by atoms with E-state index in [0.29, 0.717) is 16.7 Å². The minimum Gasteiger partial charge on any atom is -0.340 e. The van der Waals surface area contributed by atoms with Crippen molar-refractivity contribution in [2.24, 2.45) is 27.9 Å². The van der Waals surface area contributed by atoms with Gasteiger partial charge in [0.1, 0.15) is 0 Å². The van der Waals surface area contributed by atoms with Gasteiger partial charge < -0.3 is 10.6 Å². The van der Waals surface area contributed by atoms with Crippen molar-refractivity contribution in [3.63, 3.8) is 0 Å². The normalized spacial score (nSPS) is 46.7. The molecule has 1 aromatic carbocycles. The van der Waals surface area contributed by atoms with E-state index in [1.807, 2.05) is 6.07 Å². The standard InChI is InChI=1S/C23H32N2O/c1-21-8-16-9-22(2,13-21)15-23(10-16,14-21)20(26)25-11-18(19(24)12-25)17-6-4-3-5-7-17/h3-7,16,18-19H,8-15,24H2,1-2H3/t16?,18-,19+,21?,22?,23?/m0/s1. The second kappa shape index (κ2) is 5.34. The summed E-state index contributed by atoms with van der Waals surface area (Å²) in [4.78, 5) is 15.9. The van der Waals surface area contributed by atoms with Crippen molar-refractivity contribution in [2.75, 3.05) is 13.1 Å². The van der Waals surface area contributed by atoms with E-state index >= 15 is 0 Å². The van der Waals surface area contributed by atoms with Crippen molar-refractivity contribution in [3.8, 4) is 0 Å². The van der Waals surface area contributed by atoms with Crippen LogP contribution in [0, 0.1) is 22.2 Å². The van der Waals surface area contributed by atoms with Crippen LogP contribution in [0.2, 0.25) is 0 Å². The van der Waals surface area contributed by atoms with Crippen LogP contribution >= 0.6 is 0 Å². The first kappa shape index (κ1) is 16.8. The number of likely N-dealkylation sites (tertiary alicyclic amines) is 1. The first-order chi connectivity index (χ1) is 12.3. The van der Waals surface area contributed by atoms with E-state index in [1.54, 1.807) is 0 Å². The highest BCUT2D eigenvalue weighted by Gasteiger charge is 2.63. The quantitative estimate of drug-likeness (QED) is 0.876. The van der Waals surface area contributed by atoms with Gasteiger partial charge in [0.15, 0.2) is 0 Å². The Bertz CT molecular complexity index is 711. The molecule has 1 saturated heterocycles. The van der Waals surface area contributed by atoms with E-state index < -0.39 is 0 Å². The van der Waals surface area contributed by atoms with E-state index in [1.165, 1.54) is 24.8 Å². The Hall–Kier alpha value is -1.35. The van der Waals surface area contributed by atoms with E-state index in [2.05, 4.69) is 43.0 Å². The molecule has 26 heavy (non-hydrogen) atoms. The molecule has 1 aromatic rings. The zero-order valence-corrected chi connectivity index (χ0v) is 16.2.